The highest BCUT2D eigenvalue weighted by molar-refractivity contribution is 5.43. The summed E-state index contributed by atoms with van der Waals surface area (Å²) in [4.78, 5) is 34.6. The van der Waals surface area contributed by atoms with E-state index in [0.29, 0.717) is 24.1 Å². The first kappa shape index (κ1) is 21.8. The van der Waals surface area contributed by atoms with Gasteiger partial charge in [-0.25, -0.2) is 9.97 Å². The molecular formula is C20H16F3N5O3. The summed E-state index contributed by atoms with van der Waals surface area (Å²) >= 11 is 0. The van der Waals surface area contributed by atoms with Gasteiger partial charge in [-0.05, 0) is 37.1 Å². The summed E-state index contributed by atoms with van der Waals surface area (Å²) in [5.41, 5.74) is -2.31. The number of nitriles is 1. The van der Waals surface area contributed by atoms with Crippen LogP contribution in [0.5, 0.6) is 11.5 Å². The predicted octanol–water partition coefficient (Wildman–Crippen LogP) is 2.93. The zero-order chi connectivity index (χ0) is 22.8. The van der Waals surface area contributed by atoms with Gasteiger partial charge in [0.15, 0.2) is 5.69 Å². The lowest BCUT2D eigenvalue weighted by Crippen LogP contribution is -2.28. The molecule has 0 fully saturated rings. The summed E-state index contributed by atoms with van der Waals surface area (Å²) < 4.78 is 46.6. The summed E-state index contributed by atoms with van der Waals surface area (Å²) in [5.74, 6) is -0.809. The van der Waals surface area contributed by atoms with Gasteiger partial charge >= 0.3 is 6.18 Å². The minimum atomic E-state index is -4.96. The zero-order valence-electron chi connectivity index (χ0n) is 16.4. The van der Waals surface area contributed by atoms with Crippen molar-refractivity contribution in [3.05, 3.63) is 79.6 Å². The van der Waals surface area contributed by atoms with Crippen molar-refractivity contribution in [1.29, 1.82) is 5.26 Å². The van der Waals surface area contributed by atoms with Gasteiger partial charge in [0.05, 0.1) is 30.1 Å². The van der Waals surface area contributed by atoms with Gasteiger partial charge in [-0.3, -0.25) is 14.2 Å². The van der Waals surface area contributed by atoms with Gasteiger partial charge in [0.2, 0.25) is 5.75 Å². The van der Waals surface area contributed by atoms with Crippen LogP contribution in [0.2, 0.25) is 0 Å². The predicted molar refractivity (Wildman–Crippen MR) is 103 cm³/mol. The van der Waals surface area contributed by atoms with Crippen molar-refractivity contribution in [3.63, 3.8) is 0 Å². The lowest BCUT2D eigenvalue weighted by molar-refractivity contribution is -0.142. The van der Waals surface area contributed by atoms with Crippen LogP contribution in [0.4, 0.5) is 13.2 Å². The van der Waals surface area contributed by atoms with Gasteiger partial charge in [0, 0.05) is 6.20 Å². The Hall–Kier alpha value is -3.94. The maximum absolute atomic E-state index is 13.5. The Morgan fingerprint density at radius 1 is 1.23 bits per heavy atom. The summed E-state index contributed by atoms with van der Waals surface area (Å²) in [6, 6.07) is 6.12. The van der Waals surface area contributed by atoms with E-state index in [1.807, 2.05) is 6.07 Å². The molecule has 0 saturated heterocycles. The number of hydrogen-bond acceptors (Lipinski definition) is 6. The number of benzene rings is 1. The molecule has 0 aliphatic heterocycles. The largest absolute Gasteiger partial charge is 0.449 e. The number of aryl methyl sites for hydroxylation is 2. The summed E-state index contributed by atoms with van der Waals surface area (Å²) in [6.45, 7) is 3.00. The molecule has 0 aliphatic carbocycles. The molecule has 3 rings (SSSR count). The number of alkyl halides is 3. The molecule has 0 unspecified atom stereocenters. The number of aromatic amines is 1. The topological polar surface area (TPSA) is 114 Å². The van der Waals surface area contributed by atoms with Gasteiger partial charge in [0.25, 0.3) is 11.1 Å². The first-order chi connectivity index (χ1) is 14.6. The molecule has 2 aromatic heterocycles. The van der Waals surface area contributed by atoms with Crippen molar-refractivity contribution in [1.82, 2.24) is 19.5 Å². The van der Waals surface area contributed by atoms with Crippen molar-refractivity contribution in [2.45, 2.75) is 33.0 Å². The molecule has 31 heavy (non-hydrogen) atoms. The standard InChI is InChI=1S/C20H16F3N5O3/c1-3-12-4-13(7-24)6-15(5-12)31-16-17(20(21,22)23)26-10-28(19(16)30)9-14-8-25-11(2)27-18(14)29/h4-6,8,10H,3,9H2,1-2H3,(H,25,27,29). The first-order valence-electron chi connectivity index (χ1n) is 9.05. The number of aromatic nitrogens is 4. The first-order valence-corrected chi connectivity index (χ1v) is 9.05. The van der Waals surface area contributed by atoms with Gasteiger partial charge in [-0.1, -0.05) is 6.92 Å². The fraction of sp³-hybridized carbons (Fsp3) is 0.250. The van der Waals surface area contributed by atoms with Crippen LogP contribution in [0, 0.1) is 18.3 Å². The average molecular weight is 431 g/mol. The molecule has 1 N–H and O–H groups in total. The van der Waals surface area contributed by atoms with Crippen LogP contribution in [0.3, 0.4) is 0 Å². The number of nitrogens with zero attached hydrogens (tertiary/aromatic N) is 4. The Bertz CT molecular complexity index is 1290. The quantitative estimate of drug-likeness (QED) is 0.665. The van der Waals surface area contributed by atoms with Crippen LogP contribution in [0.1, 0.15) is 35.1 Å². The van der Waals surface area contributed by atoms with Crippen molar-refractivity contribution < 1.29 is 17.9 Å². The third-order valence-electron chi connectivity index (χ3n) is 4.33. The maximum atomic E-state index is 13.5. The van der Waals surface area contributed by atoms with Crippen LogP contribution in [0.15, 0.2) is 40.3 Å². The zero-order valence-corrected chi connectivity index (χ0v) is 16.4. The van der Waals surface area contributed by atoms with Crippen molar-refractivity contribution in [2.75, 3.05) is 0 Å². The van der Waals surface area contributed by atoms with Crippen LogP contribution >= 0.6 is 0 Å². The van der Waals surface area contributed by atoms with Crippen LogP contribution in [0.25, 0.3) is 0 Å². The second-order valence-corrected chi connectivity index (χ2v) is 6.61. The van der Waals surface area contributed by atoms with E-state index in [1.165, 1.54) is 18.3 Å². The highest BCUT2D eigenvalue weighted by Crippen LogP contribution is 2.34. The normalized spacial score (nSPS) is 11.2. The number of hydrogen-bond donors (Lipinski definition) is 1. The highest BCUT2D eigenvalue weighted by Gasteiger charge is 2.38. The fourth-order valence-electron chi connectivity index (χ4n) is 2.79. The fourth-order valence-corrected chi connectivity index (χ4v) is 2.79. The molecule has 0 saturated carbocycles. The monoisotopic (exact) mass is 431 g/mol. The third kappa shape index (κ3) is 4.80. The lowest BCUT2D eigenvalue weighted by Gasteiger charge is -2.15. The highest BCUT2D eigenvalue weighted by atomic mass is 19.4. The van der Waals surface area contributed by atoms with Gasteiger partial charge in [-0.15, -0.1) is 0 Å². The molecule has 0 amide bonds. The average Bonchev–Trinajstić information content (AvgIpc) is 2.71. The number of H-pyrrole nitrogens is 1. The number of halogens is 3. The summed E-state index contributed by atoms with van der Waals surface area (Å²) in [5, 5.41) is 9.14. The molecule has 2 heterocycles. The number of ether oxygens (including phenoxy) is 1. The number of rotatable bonds is 5. The molecule has 0 aliphatic rings. The van der Waals surface area contributed by atoms with Crippen LogP contribution in [-0.4, -0.2) is 19.5 Å². The molecule has 160 valence electrons. The number of nitrogens with one attached hydrogen (secondary N) is 1. The van der Waals surface area contributed by atoms with E-state index in [0.717, 1.165) is 4.57 Å². The van der Waals surface area contributed by atoms with Crippen molar-refractivity contribution in [2.24, 2.45) is 0 Å². The van der Waals surface area contributed by atoms with E-state index in [-0.39, 0.29) is 23.4 Å². The molecule has 8 nitrogen and oxygen atoms in total. The SMILES string of the molecule is CCc1cc(C#N)cc(Oc2c(C(F)(F)F)ncn(Cc3cnc(C)[nH]c3=O)c2=O)c1. The summed E-state index contributed by atoms with van der Waals surface area (Å²) in [6.07, 6.45) is -2.54. The summed E-state index contributed by atoms with van der Waals surface area (Å²) in [7, 11) is 0. The van der Waals surface area contributed by atoms with Gasteiger partial charge < -0.3 is 9.72 Å². The molecule has 11 heteroatoms. The van der Waals surface area contributed by atoms with E-state index in [2.05, 4.69) is 15.0 Å². The van der Waals surface area contributed by atoms with E-state index < -0.39 is 28.7 Å². The molecule has 0 atom stereocenters. The molecular weight excluding hydrogens is 415 g/mol. The Balaban J connectivity index is 2.11. The van der Waals surface area contributed by atoms with E-state index >= 15 is 0 Å². The third-order valence-corrected chi connectivity index (χ3v) is 4.33. The second kappa shape index (κ2) is 8.43. The minimum Gasteiger partial charge on any atom is -0.449 e. The lowest BCUT2D eigenvalue weighted by atomic mass is 10.1. The molecule has 0 bridgehead atoms. The van der Waals surface area contributed by atoms with Gasteiger partial charge in [0.1, 0.15) is 11.6 Å². The van der Waals surface area contributed by atoms with E-state index in [1.54, 1.807) is 19.9 Å². The Labute approximate surface area is 173 Å². The van der Waals surface area contributed by atoms with Crippen LogP contribution in [-0.2, 0) is 19.1 Å². The smallest absolute Gasteiger partial charge is 0.437 e. The minimum absolute atomic E-state index is 0.0555. The Kier molecular flexibility index (Phi) is 5.92. The van der Waals surface area contributed by atoms with Crippen molar-refractivity contribution in [3.8, 4) is 17.6 Å². The molecule has 1 aromatic carbocycles. The molecule has 0 spiro atoms. The van der Waals surface area contributed by atoms with E-state index in [9.17, 15) is 22.8 Å². The maximum Gasteiger partial charge on any atom is 0.437 e. The van der Waals surface area contributed by atoms with E-state index in [4.69, 9.17) is 10.00 Å². The molecule has 3 aromatic rings. The van der Waals surface area contributed by atoms with Crippen LogP contribution < -0.4 is 15.9 Å². The van der Waals surface area contributed by atoms with Gasteiger partial charge in [-0.2, -0.15) is 18.4 Å². The molecule has 0 radical (unpaired) electrons. The second-order valence-electron chi connectivity index (χ2n) is 6.61. The van der Waals surface area contributed by atoms with Crippen molar-refractivity contribution >= 4 is 0 Å². The Morgan fingerprint density at radius 2 is 1.97 bits per heavy atom. The Morgan fingerprint density at radius 3 is 2.58 bits per heavy atom.